The van der Waals surface area contributed by atoms with Gasteiger partial charge in [-0.15, -0.1) is 11.3 Å². The number of nitrogens with zero attached hydrogens (tertiary/aromatic N) is 1. The Hall–Kier alpha value is -1.23. The molecule has 0 atom stereocenters. The lowest BCUT2D eigenvalue weighted by molar-refractivity contribution is -0.148. The SMILES string of the molecule is CC(C)c1nc(CC(=O)C(=O)O)cs1. The monoisotopic (exact) mass is 213 g/mol. The third-order valence-electron chi connectivity index (χ3n) is 1.64. The van der Waals surface area contributed by atoms with Gasteiger partial charge in [0, 0.05) is 11.3 Å². The van der Waals surface area contributed by atoms with E-state index >= 15 is 0 Å². The van der Waals surface area contributed by atoms with Crippen molar-refractivity contribution < 1.29 is 14.7 Å². The second kappa shape index (κ2) is 4.32. The molecule has 1 aromatic heterocycles. The Labute approximate surface area is 85.6 Å². The van der Waals surface area contributed by atoms with Crippen molar-refractivity contribution >= 4 is 23.1 Å². The van der Waals surface area contributed by atoms with Crippen molar-refractivity contribution in [1.82, 2.24) is 4.98 Å². The number of rotatable bonds is 4. The molecule has 0 aliphatic heterocycles. The van der Waals surface area contributed by atoms with Crippen LogP contribution >= 0.6 is 11.3 Å². The van der Waals surface area contributed by atoms with Crippen LogP contribution in [0.2, 0.25) is 0 Å². The Kier molecular flexibility index (Phi) is 3.35. The third-order valence-corrected chi connectivity index (χ3v) is 2.84. The van der Waals surface area contributed by atoms with Crippen LogP contribution in [0, 0.1) is 0 Å². The first kappa shape index (κ1) is 10.8. The molecule has 5 heteroatoms. The zero-order chi connectivity index (χ0) is 10.7. The van der Waals surface area contributed by atoms with Crippen LogP contribution in [0.5, 0.6) is 0 Å². The number of thiazole rings is 1. The summed E-state index contributed by atoms with van der Waals surface area (Å²) in [6.45, 7) is 4.00. The van der Waals surface area contributed by atoms with Crippen molar-refractivity contribution in [2.24, 2.45) is 0 Å². The van der Waals surface area contributed by atoms with Crippen LogP contribution < -0.4 is 0 Å². The summed E-state index contributed by atoms with van der Waals surface area (Å²) in [6, 6.07) is 0. The van der Waals surface area contributed by atoms with Gasteiger partial charge in [0.1, 0.15) is 0 Å². The number of hydrogen-bond donors (Lipinski definition) is 1. The second-order valence-electron chi connectivity index (χ2n) is 3.24. The van der Waals surface area contributed by atoms with Gasteiger partial charge in [-0.1, -0.05) is 13.8 Å². The Bertz CT molecular complexity index is 357. The van der Waals surface area contributed by atoms with Crippen molar-refractivity contribution in [3.63, 3.8) is 0 Å². The molecule has 1 heterocycles. The normalized spacial score (nSPS) is 10.5. The molecule has 0 bridgehead atoms. The summed E-state index contributed by atoms with van der Waals surface area (Å²) < 4.78 is 0. The van der Waals surface area contributed by atoms with E-state index in [0.717, 1.165) is 5.01 Å². The fourth-order valence-corrected chi connectivity index (χ4v) is 1.74. The fourth-order valence-electron chi connectivity index (χ4n) is 0.909. The minimum atomic E-state index is -1.40. The van der Waals surface area contributed by atoms with E-state index < -0.39 is 11.8 Å². The van der Waals surface area contributed by atoms with Crippen molar-refractivity contribution in [3.05, 3.63) is 16.1 Å². The third kappa shape index (κ3) is 2.63. The molecule has 4 nitrogen and oxygen atoms in total. The Morgan fingerprint density at radius 3 is 2.64 bits per heavy atom. The van der Waals surface area contributed by atoms with Gasteiger partial charge < -0.3 is 5.11 Å². The topological polar surface area (TPSA) is 67.3 Å². The lowest BCUT2D eigenvalue weighted by Crippen LogP contribution is -2.15. The molecule has 0 fully saturated rings. The van der Waals surface area contributed by atoms with E-state index in [4.69, 9.17) is 5.11 Å². The van der Waals surface area contributed by atoms with Crippen LogP contribution in [0.3, 0.4) is 0 Å². The fraction of sp³-hybridized carbons (Fsp3) is 0.444. The number of carbonyl (C=O) groups is 2. The number of ketones is 1. The van der Waals surface area contributed by atoms with Crippen LogP contribution in [-0.4, -0.2) is 21.8 Å². The predicted molar refractivity (Wildman–Crippen MR) is 52.5 cm³/mol. The summed E-state index contributed by atoms with van der Waals surface area (Å²) in [5.41, 5.74) is 0.547. The molecule has 0 spiro atoms. The van der Waals surface area contributed by atoms with Gasteiger partial charge in [0.25, 0.3) is 0 Å². The van der Waals surface area contributed by atoms with Crippen molar-refractivity contribution in [3.8, 4) is 0 Å². The van der Waals surface area contributed by atoms with E-state index in [1.807, 2.05) is 13.8 Å². The minimum Gasteiger partial charge on any atom is -0.475 e. The van der Waals surface area contributed by atoms with E-state index in [9.17, 15) is 9.59 Å². The average molecular weight is 213 g/mol. The molecule has 0 aromatic carbocycles. The largest absolute Gasteiger partial charge is 0.475 e. The van der Waals surface area contributed by atoms with E-state index in [0.29, 0.717) is 11.6 Å². The van der Waals surface area contributed by atoms with Crippen molar-refractivity contribution in [1.29, 1.82) is 0 Å². The highest BCUT2D eigenvalue weighted by Crippen LogP contribution is 2.19. The van der Waals surface area contributed by atoms with Crippen LogP contribution in [0.1, 0.15) is 30.5 Å². The van der Waals surface area contributed by atoms with Crippen LogP contribution in [0.4, 0.5) is 0 Å². The van der Waals surface area contributed by atoms with Gasteiger partial charge in [-0.25, -0.2) is 9.78 Å². The number of aliphatic carboxylic acids is 1. The molecule has 0 aliphatic carbocycles. The number of Topliss-reactive ketones (excluding diaryl/α,β-unsaturated/α-hetero) is 1. The molecule has 0 saturated carbocycles. The van der Waals surface area contributed by atoms with Crippen LogP contribution in [-0.2, 0) is 16.0 Å². The molecule has 0 radical (unpaired) electrons. The molecule has 14 heavy (non-hydrogen) atoms. The van der Waals surface area contributed by atoms with Gasteiger partial charge in [0.15, 0.2) is 0 Å². The van der Waals surface area contributed by atoms with E-state index in [1.54, 1.807) is 5.38 Å². The quantitative estimate of drug-likeness (QED) is 0.769. The highest BCUT2D eigenvalue weighted by Gasteiger charge is 2.14. The molecule has 0 saturated heterocycles. The molecular formula is C9H11NO3S. The number of aromatic nitrogens is 1. The number of carboxylic acids is 1. The van der Waals surface area contributed by atoms with E-state index in [-0.39, 0.29) is 6.42 Å². The van der Waals surface area contributed by atoms with Gasteiger partial charge in [-0.3, -0.25) is 4.79 Å². The van der Waals surface area contributed by atoms with Gasteiger partial charge in [-0.05, 0) is 0 Å². The maximum atomic E-state index is 10.9. The van der Waals surface area contributed by atoms with Crippen molar-refractivity contribution in [2.45, 2.75) is 26.2 Å². The molecule has 1 aromatic rings. The van der Waals surface area contributed by atoms with Crippen molar-refractivity contribution in [2.75, 3.05) is 0 Å². The lowest BCUT2D eigenvalue weighted by Gasteiger charge is -1.96. The van der Waals surface area contributed by atoms with E-state index in [1.165, 1.54) is 11.3 Å². The van der Waals surface area contributed by atoms with Gasteiger partial charge in [-0.2, -0.15) is 0 Å². The smallest absolute Gasteiger partial charge is 0.372 e. The van der Waals surface area contributed by atoms with Gasteiger partial charge >= 0.3 is 5.97 Å². The number of carboxylic acid groups (broad SMARTS) is 1. The summed E-state index contributed by atoms with van der Waals surface area (Å²) in [6.07, 6.45) is -0.113. The summed E-state index contributed by atoms with van der Waals surface area (Å²) in [5, 5.41) is 11.0. The second-order valence-corrected chi connectivity index (χ2v) is 4.13. The molecular weight excluding hydrogens is 202 g/mol. The summed E-state index contributed by atoms with van der Waals surface area (Å²) in [4.78, 5) is 25.3. The molecule has 0 aliphatic rings. The molecule has 1 rings (SSSR count). The summed E-state index contributed by atoms with van der Waals surface area (Å²) in [5.74, 6) is -1.90. The maximum Gasteiger partial charge on any atom is 0.372 e. The number of carbonyl (C=O) groups excluding carboxylic acids is 1. The first-order valence-corrected chi connectivity index (χ1v) is 5.09. The standard InChI is InChI=1S/C9H11NO3S/c1-5(2)8-10-6(4-14-8)3-7(11)9(12)13/h4-5H,3H2,1-2H3,(H,12,13). The molecule has 76 valence electrons. The van der Waals surface area contributed by atoms with Gasteiger partial charge in [0.2, 0.25) is 5.78 Å². The summed E-state index contributed by atoms with van der Waals surface area (Å²) in [7, 11) is 0. The maximum absolute atomic E-state index is 10.9. The Balaban J connectivity index is 2.69. The van der Waals surface area contributed by atoms with Crippen LogP contribution in [0.15, 0.2) is 5.38 Å². The van der Waals surface area contributed by atoms with Crippen LogP contribution in [0.25, 0.3) is 0 Å². The predicted octanol–water partition coefficient (Wildman–Crippen LogP) is 1.46. The number of hydrogen-bond acceptors (Lipinski definition) is 4. The minimum absolute atomic E-state index is 0.113. The zero-order valence-electron chi connectivity index (χ0n) is 7.98. The molecule has 0 unspecified atom stereocenters. The Morgan fingerprint density at radius 2 is 2.21 bits per heavy atom. The first-order chi connectivity index (χ1) is 6.50. The van der Waals surface area contributed by atoms with E-state index in [2.05, 4.69) is 4.98 Å². The highest BCUT2D eigenvalue weighted by atomic mass is 32.1. The Morgan fingerprint density at radius 1 is 1.57 bits per heavy atom. The summed E-state index contributed by atoms with van der Waals surface area (Å²) >= 11 is 1.46. The lowest BCUT2D eigenvalue weighted by atomic mass is 10.2. The highest BCUT2D eigenvalue weighted by molar-refractivity contribution is 7.09. The molecule has 0 amide bonds. The van der Waals surface area contributed by atoms with Gasteiger partial charge in [0.05, 0.1) is 17.1 Å². The average Bonchev–Trinajstić information content (AvgIpc) is 2.52. The molecule has 1 N–H and O–H groups in total. The first-order valence-electron chi connectivity index (χ1n) is 4.21. The zero-order valence-corrected chi connectivity index (χ0v) is 8.80.